The predicted molar refractivity (Wildman–Crippen MR) is 126 cm³/mol. The number of nitrogens with one attached hydrogen (secondary N) is 4. The minimum absolute atomic E-state index is 0.192. The van der Waals surface area contributed by atoms with Crippen LogP contribution in [-0.2, 0) is 32.0 Å². The molecule has 10 heteroatoms. The summed E-state index contributed by atoms with van der Waals surface area (Å²) in [4.78, 5) is 48.8. The summed E-state index contributed by atoms with van der Waals surface area (Å²) in [6.07, 6.45) is 6.57. The van der Waals surface area contributed by atoms with Crippen LogP contribution in [0.4, 0.5) is 0 Å². The number of carbonyl (C=O) groups is 4. The first-order valence-corrected chi connectivity index (χ1v) is 12.5. The molecular formula is C22H30N4O4S2. The highest BCUT2D eigenvalue weighted by molar-refractivity contribution is 7.10. The molecule has 0 radical (unpaired) electrons. The second kappa shape index (κ2) is 15.1. The quantitative estimate of drug-likeness (QED) is 0.262. The van der Waals surface area contributed by atoms with Crippen molar-refractivity contribution in [1.82, 2.24) is 21.7 Å². The van der Waals surface area contributed by atoms with Gasteiger partial charge >= 0.3 is 0 Å². The fraction of sp³-hybridized carbons (Fsp3) is 0.455. The number of unbranched alkanes of at least 4 members (excludes halogenated alkanes) is 5. The molecule has 2 heterocycles. The molecule has 2 rings (SSSR count). The van der Waals surface area contributed by atoms with Gasteiger partial charge < -0.3 is 0 Å². The van der Waals surface area contributed by atoms with E-state index in [0.717, 1.165) is 48.3 Å². The molecule has 2 aromatic rings. The Labute approximate surface area is 196 Å². The van der Waals surface area contributed by atoms with Gasteiger partial charge in [-0.25, -0.2) is 0 Å². The van der Waals surface area contributed by atoms with E-state index in [2.05, 4.69) is 21.7 Å². The van der Waals surface area contributed by atoms with Gasteiger partial charge in [0.05, 0.1) is 12.8 Å². The zero-order chi connectivity index (χ0) is 23.0. The Hall–Kier alpha value is -2.72. The smallest absolute Gasteiger partial charge is 0.243 e. The van der Waals surface area contributed by atoms with Gasteiger partial charge in [-0.3, -0.25) is 40.9 Å². The van der Waals surface area contributed by atoms with E-state index in [1.54, 1.807) is 0 Å². The molecule has 174 valence electrons. The van der Waals surface area contributed by atoms with Crippen LogP contribution >= 0.6 is 22.7 Å². The average Bonchev–Trinajstić information content (AvgIpc) is 3.47. The van der Waals surface area contributed by atoms with Gasteiger partial charge in [0.2, 0.25) is 23.6 Å². The zero-order valence-electron chi connectivity index (χ0n) is 18.0. The highest BCUT2D eigenvalue weighted by Crippen LogP contribution is 2.10. The Morgan fingerprint density at radius 3 is 1.31 bits per heavy atom. The van der Waals surface area contributed by atoms with Gasteiger partial charge in [0.1, 0.15) is 0 Å². The predicted octanol–water partition coefficient (Wildman–Crippen LogP) is 3.01. The third-order valence-electron chi connectivity index (χ3n) is 4.57. The van der Waals surface area contributed by atoms with E-state index in [4.69, 9.17) is 0 Å². The lowest BCUT2D eigenvalue weighted by Gasteiger charge is -2.07. The Morgan fingerprint density at radius 2 is 0.938 bits per heavy atom. The molecule has 4 amide bonds. The van der Waals surface area contributed by atoms with Crippen molar-refractivity contribution in [3.63, 3.8) is 0 Å². The molecule has 0 aliphatic rings. The van der Waals surface area contributed by atoms with E-state index < -0.39 is 0 Å². The van der Waals surface area contributed by atoms with E-state index >= 15 is 0 Å². The summed E-state index contributed by atoms with van der Waals surface area (Å²) in [6.45, 7) is 0. The first-order valence-electron chi connectivity index (χ1n) is 10.7. The molecule has 4 N–H and O–H groups in total. The van der Waals surface area contributed by atoms with E-state index in [-0.39, 0.29) is 36.5 Å². The lowest BCUT2D eigenvalue weighted by molar-refractivity contribution is -0.128. The Bertz CT molecular complexity index is 768. The number of hydrazine groups is 2. The van der Waals surface area contributed by atoms with Crippen LogP contribution in [0.1, 0.15) is 61.1 Å². The van der Waals surface area contributed by atoms with Gasteiger partial charge in [-0.15, -0.1) is 22.7 Å². The van der Waals surface area contributed by atoms with Crippen molar-refractivity contribution < 1.29 is 19.2 Å². The van der Waals surface area contributed by atoms with Crippen LogP contribution in [0.2, 0.25) is 0 Å². The van der Waals surface area contributed by atoms with Crippen molar-refractivity contribution in [1.29, 1.82) is 0 Å². The molecule has 0 aliphatic heterocycles. The van der Waals surface area contributed by atoms with E-state index in [9.17, 15) is 19.2 Å². The molecule has 0 aromatic carbocycles. The number of carbonyl (C=O) groups excluding carboxylic acids is 4. The highest BCUT2D eigenvalue weighted by atomic mass is 32.1. The van der Waals surface area contributed by atoms with Crippen LogP contribution in [0.5, 0.6) is 0 Å². The fourth-order valence-corrected chi connectivity index (χ4v) is 4.32. The van der Waals surface area contributed by atoms with E-state index in [1.807, 2.05) is 35.0 Å². The zero-order valence-corrected chi connectivity index (χ0v) is 19.6. The average molecular weight is 479 g/mol. The van der Waals surface area contributed by atoms with Gasteiger partial charge in [-0.2, -0.15) is 0 Å². The van der Waals surface area contributed by atoms with Gasteiger partial charge in [-0.1, -0.05) is 37.8 Å². The summed E-state index contributed by atoms with van der Waals surface area (Å²) < 4.78 is 0. The number of hydrogen-bond donors (Lipinski definition) is 4. The summed E-state index contributed by atoms with van der Waals surface area (Å²) in [5.74, 6) is -0.844. The molecule has 0 unspecified atom stereocenters. The second-order valence-electron chi connectivity index (χ2n) is 7.33. The molecule has 0 saturated heterocycles. The monoisotopic (exact) mass is 478 g/mol. The molecule has 32 heavy (non-hydrogen) atoms. The van der Waals surface area contributed by atoms with Crippen LogP contribution in [0.15, 0.2) is 35.0 Å². The lowest BCUT2D eigenvalue weighted by Crippen LogP contribution is -2.42. The number of thiophene rings is 2. The molecule has 0 bridgehead atoms. The summed E-state index contributed by atoms with van der Waals surface area (Å²) >= 11 is 3.01. The van der Waals surface area contributed by atoms with Crippen LogP contribution < -0.4 is 21.7 Å². The van der Waals surface area contributed by atoms with Crippen molar-refractivity contribution in [2.75, 3.05) is 0 Å². The molecule has 0 spiro atoms. The molecule has 0 saturated carbocycles. The van der Waals surface area contributed by atoms with Gasteiger partial charge in [0.15, 0.2) is 0 Å². The number of amides is 4. The third kappa shape index (κ3) is 11.6. The molecule has 0 aliphatic carbocycles. The summed E-state index contributed by atoms with van der Waals surface area (Å²) in [5.41, 5.74) is 9.75. The maximum atomic E-state index is 11.8. The van der Waals surface area contributed by atoms with Crippen LogP contribution in [0.25, 0.3) is 0 Å². The summed E-state index contributed by atoms with van der Waals surface area (Å²) in [7, 11) is 0. The molecular weight excluding hydrogens is 448 g/mol. The minimum Gasteiger partial charge on any atom is -0.273 e. The Balaban J connectivity index is 1.37. The Morgan fingerprint density at radius 1 is 0.562 bits per heavy atom. The lowest BCUT2D eigenvalue weighted by atomic mass is 10.1. The normalized spacial score (nSPS) is 10.4. The van der Waals surface area contributed by atoms with Crippen LogP contribution in [0, 0.1) is 0 Å². The van der Waals surface area contributed by atoms with Crippen molar-refractivity contribution in [3.8, 4) is 0 Å². The van der Waals surface area contributed by atoms with Gasteiger partial charge in [0.25, 0.3) is 0 Å². The van der Waals surface area contributed by atoms with Gasteiger partial charge in [-0.05, 0) is 35.7 Å². The van der Waals surface area contributed by atoms with Crippen LogP contribution in [-0.4, -0.2) is 23.6 Å². The van der Waals surface area contributed by atoms with E-state index in [0.29, 0.717) is 12.8 Å². The highest BCUT2D eigenvalue weighted by Gasteiger charge is 2.07. The largest absolute Gasteiger partial charge is 0.273 e. The maximum absolute atomic E-state index is 11.8. The maximum Gasteiger partial charge on any atom is 0.243 e. The van der Waals surface area contributed by atoms with E-state index in [1.165, 1.54) is 22.7 Å². The van der Waals surface area contributed by atoms with Crippen molar-refractivity contribution in [2.24, 2.45) is 0 Å². The molecule has 2 aromatic heterocycles. The molecule has 8 nitrogen and oxygen atoms in total. The number of rotatable bonds is 13. The summed E-state index contributed by atoms with van der Waals surface area (Å²) in [5, 5.41) is 3.81. The topological polar surface area (TPSA) is 116 Å². The van der Waals surface area contributed by atoms with Crippen molar-refractivity contribution in [2.45, 2.75) is 64.2 Å². The third-order valence-corrected chi connectivity index (χ3v) is 6.32. The van der Waals surface area contributed by atoms with Gasteiger partial charge in [0, 0.05) is 22.6 Å². The minimum atomic E-state index is -0.230. The standard InChI is InChI=1S/C22H30N4O4S2/c27-19(23-25-21(29)15-17-9-7-13-31-17)11-5-3-1-2-4-6-12-20(28)24-26-22(30)16-18-10-8-14-32-18/h7-10,13-14H,1-6,11-12,15-16H2,(H,23,27)(H,24,28)(H,25,29)(H,26,30). The Kier molecular flexibility index (Phi) is 12.1. The first kappa shape index (κ1) is 25.5. The van der Waals surface area contributed by atoms with Crippen molar-refractivity contribution >= 4 is 46.3 Å². The van der Waals surface area contributed by atoms with Crippen molar-refractivity contribution in [3.05, 3.63) is 44.8 Å². The fourth-order valence-electron chi connectivity index (χ4n) is 2.91. The molecule has 0 atom stereocenters. The number of hydrogen-bond acceptors (Lipinski definition) is 6. The van der Waals surface area contributed by atoms with Crippen LogP contribution in [0.3, 0.4) is 0 Å². The molecule has 0 fully saturated rings. The summed E-state index contributed by atoms with van der Waals surface area (Å²) in [6, 6.07) is 7.52. The second-order valence-corrected chi connectivity index (χ2v) is 9.39. The first-order chi connectivity index (χ1) is 15.5. The SMILES string of the molecule is O=C(CCCCCCCCC(=O)NNC(=O)Cc1cccs1)NNC(=O)Cc1cccs1.